The van der Waals surface area contributed by atoms with Gasteiger partial charge in [0.15, 0.2) is 11.5 Å². The quantitative estimate of drug-likeness (QED) is 0.417. The number of aryl methyl sites for hydroxylation is 1. The van der Waals surface area contributed by atoms with Crippen molar-refractivity contribution < 1.29 is 37.3 Å². The number of carboxylic acid groups (broad SMARTS) is 1. The number of rotatable bonds is 11. The van der Waals surface area contributed by atoms with Crippen molar-refractivity contribution in [1.29, 1.82) is 0 Å². The summed E-state index contributed by atoms with van der Waals surface area (Å²) in [6.07, 6.45) is 0. The van der Waals surface area contributed by atoms with Crippen LogP contribution in [0.5, 0.6) is 17.2 Å². The van der Waals surface area contributed by atoms with Crippen molar-refractivity contribution in [3.05, 3.63) is 46.5 Å². The molecule has 33 heavy (non-hydrogen) atoms. The van der Waals surface area contributed by atoms with Gasteiger partial charge in [0.2, 0.25) is 5.75 Å². The summed E-state index contributed by atoms with van der Waals surface area (Å²) in [5.41, 5.74) is 2.88. The molecule has 0 spiro atoms. The number of hydrogen-bond acceptors (Lipinski definition) is 7. The van der Waals surface area contributed by atoms with E-state index in [1.54, 1.807) is 34.6 Å². The first kappa shape index (κ1) is 25.9. The zero-order valence-corrected chi connectivity index (χ0v) is 20.0. The molecule has 0 fully saturated rings. The summed E-state index contributed by atoms with van der Waals surface area (Å²) >= 11 is 0. The van der Waals surface area contributed by atoms with Crippen LogP contribution in [0, 0.1) is 13.8 Å². The number of benzene rings is 2. The van der Waals surface area contributed by atoms with Crippen molar-refractivity contribution in [2.75, 3.05) is 19.8 Å². The van der Waals surface area contributed by atoms with E-state index in [1.807, 2.05) is 4.83 Å². The Labute approximate surface area is 192 Å². The first-order valence-electron chi connectivity index (χ1n) is 10.3. The molecule has 1 amide bonds. The number of carbonyl (C=O) groups is 2. The molecule has 2 aromatic rings. The lowest BCUT2D eigenvalue weighted by Crippen LogP contribution is -2.41. The lowest BCUT2D eigenvalue weighted by atomic mass is 10.1. The molecule has 0 aliphatic carbocycles. The average Bonchev–Trinajstić information content (AvgIpc) is 2.75. The third-order valence-electron chi connectivity index (χ3n) is 4.63. The molecule has 2 aromatic carbocycles. The zero-order valence-electron chi connectivity index (χ0n) is 19.1. The number of hydrogen-bond donors (Lipinski definition) is 3. The summed E-state index contributed by atoms with van der Waals surface area (Å²) in [5, 5.41) is 9.24. The molecule has 180 valence electrons. The smallest absolute Gasteiger partial charge is 0.335 e. The van der Waals surface area contributed by atoms with Crippen molar-refractivity contribution in [2.24, 2.45) is 0 Å². The summed E-state index contributed by atoms with van der Waals surface area (Å²) in [7, 11) is -4.26. The van der Waals surface area contributed by atoms with Gasteiger partial charge in [-0.25, -0.2) is 13.2 Å². The Hall–Kier alpha value is -3.31. The van der Waals surface area contributed by atoms with Crippen LogP contribution in [0.3, 0.4) is 0 Å². The molecule has 0 saturated heterocycles. The number of ether oxygens (including phenoxy) is 3. The number of hydrazine groups is 1. The molecule has 3 N–H and O–H groups in total. The topological polar surface area (TPSA) is 140 Å². The molecule has 0 aromatic heterocycles. The van der Waals surface area contributed by atoms with E-state index in [0.717, 1.165) is 6.07 Å². The minimum absolute atomic E-state index is 0.0697. The number of amides is 1. The fourth-order valence-corrected chi connectivity index (χ4v) is 4.17. The first-order chi connectivity index (χ1) is 15.5. The highest BCUT2D eigenvalue weighted by Crippen LogP contribution is 2.39. The number of carbonyl (C=O) groups excluding carboxylic acids is 1. The molecule has 0 heterocycles. The Morgan fingerprint density at radius 1 is 0.879 bits per heavy atom. The molecule has 0 aliphatic rings. The molecule has 0 saturated carbocycles. The predicted octanol–water partition coefficient (Wildman–Crippen LogP) is 2.82. The fraction of sp³-hybridized carbons (Fsp3) is 0.364. The molecule has 11 heteroatoms. The molecular weight excluding hydrogens is 452 g/mol. The van der Waals surface area contributed by atoms with Gasteiger partial charge in [-0.15, -0.1) is 4.83 Å². The van der Waals surface area contributed by atoms with Crippen molar-refractivity contribution in [2.45, 2.75) is 39.5 Å². The van der Waals surface area contributed by atoms with Gasteiger partial charge in [-0.2, -0.15) is 0 Å². The van der Waals surface area contributed by atoms with Crippen LogP contribution in [-0.2, 0) is 10.0 Å². The summed E-state index contributed by atoms with van der Waals surface area (Å²) in [6.45, 7) is 9.45. The Bertz CT molecular complexity index is 1120. The van der Waals surface area contributed by atoms with Crippen LogP contribution in [0.1, 0.15) is 52.6 Å². The number of carboxylic acids is 1. The van der Waals surface area contributed by atoms with E-state index in [0.29, 0.717) is 36.7 Å². The van der Waals surface area contributed by atoms with Crippen LogP contribution >= 0.6 is 0 Å². The third-order valence-corrected chi connectivity index (χ3v) is 6.00. The van der Waals surface area contributed by atoms with Gasteiger partial charge in [-0.05, 0) is 70.0 Å². The summed E-state index contributed by atoms with van der Waals surface area (Å²) < 4.78 is 42.3. The van der Waals surface area contributed by atoms with Gasteiger partial charge in [0.25, 0.3) is 15.9 Å². The summed E-state index contributed by atoms with van der Waals surface area (Å²) in [6, 6.07) is 5.25. The third kappa shape index (κ3) is 6.14. The maximum Gasteiger partial charge on any atom is 0.335 e. The molecule has 0 atom stereocenters. The molecular formula is C22H28N2O8S. The highest BCUT2D eigenvalue weighted by molar-refractivity contribution is 7.89. The predicted molar refractivity (Wildman–Crippen MR) is 121 cm³/mol. The number of aromatic carboxylic acids is 1. The van der Waals surface area contributed by atoms with Crippen LogP contribution < -0.4 is 24.5 Å². The highest BCUT2D eigenvalue weighted by Gasteiger charge is 2.23. The van der Waals surface area contributed by atoms with Gasteiger partial charge < -0.3 is 19.3 Å². The SMILES string of the molecule is CCOc1cc(C(=O)NNS(=O)(=O)c2cc(C(=O)O)cc(C)c2C)cc(OCC)c1OCC. The van der Waals surface area contributed by atoms with Gasteiger partial charge in [-0.3, -0.25) is 10.2 Å². The Morgan fingerprint density at radius 2 is 1.42 bits per heavy atom. The normalized spacial score (nSPS) is 11.1. The van der Waals surface area contributed by atoms with E-state index in [2.05, 4.69) is 5.43 Å². The van der Waals surface area contributed by atoms with Crippen molar-refractivity contribution in [3.8, 4) is 17.2 Å². The Morgan fingerprint density at radius 3 is 1.91 bits per heavy atom. The maximum atomic E-state index is 12.8. The Balaban J connectivity index is 2.36. The molecule has 0 aliphatic heterocycles. The van der Waals surface area contributed by atoms with E-state index in [-0.39, 0.29) is 27.5 Å². The zero-order chi connectivity index (χ0) is 24.8. The second-order valence-electron chi connectivity index (χ2n) is 6.88. The van der Waals surface area contributed by atoms with Crippen LogP contribution in [0.2, 0.25) is 0 Å². The minimum atomic E-state index is -4.26. The maximum absolute atomic E-state index is 12.8. The lowest BCUT2D eigenvalue weighted by Gasteiger charge is -2.17. The molecule has 10 nitrogen and oxygen atoms in total. The molecule has 0 bridgehead atoms. The number of nitrogens with one attached hydrogen (secondary N) is 2. The van der Waals surface area contributed by atoms with Crippen LogP contribution in [0.15, 0.2) is 29.2 Å². The molecule has 2 rings (SSSR count). The highest BCUT2D eigenvalue weighted by atomic mass is 32.2. The van der Waals surface area contributed by atoms with E-state index in [1.165, 1.54) is 18.2 Å². The summed E-state index contributed by atoms with van der Waals surface area (Å²) in [4.78, 5) is 25.8. The minimum Gasteiger partial charge on any atom is -0.490 e. The standard InChI is InChI=1S/C22H28N2O8S/c1-6-30-17-10-15(11-18(31-7-2)20(17)32-8-3)21(25)23-24-33(28,29)19-12-16(22(26)27)9-13(4)14(19)5/h9-12,24H,6-8H2,1-5H3,(H,23,25)(H,26,27). The summed E-state index contributed by atoms with van der Waals surface area (Å²) in [5.74, 6) is -1.14. The van der Waals surface area contributed by atoms with Gasteiger partial charge in [0.05, 0.1) is 30.3 Å². The second kappa shape index (κ2) is 11.0. The largest absolute Gasteiger partial charge is 0.490 e. The van der Waals surface area contributed by atoms with Crippen LogP contribution in [-0.4, -0.2) is 45.2 Å². The van der Waals surface area contributed by atoms with Crippen LogP contribution in [0.4, 0.5) is 0 Å². The van der Waals surface area contributed by atoms with E-state index >= 15 is 0 Å². The first-order valence-corrected chi connectivity index (χ1v) is 11.8. The second-order valence-corrected chi connectivity index (χ2v) is 8.53. The fourth-order valence-electron chi connectivity index (χ4n) is 2.99. The van der Waals surface area contributed by atoms with Crippen molar-refractivity contribution >= 4 is 21.9 Å². The lowest BCUT2D eigenvalue weighted by molar-refractivity contribution is 0.0696. The molecule has 0 radical (unpaired) electrons. The van der Waals surface area contributed by atoms with Gasteiger partial charge in [-0.1, -0.05) is 0 Å². The van der Waals surface area contributed by atoms with Crippen molar-refractivity contribution in [3.63, 3.8) is 0 Å². The monoisotopic (exact) mass is 480 g/mol. The van der Waals surface area contributed by atoms with E-state index in [9.17, 15) is 23.1 Å². The molecule has 0 unspecified atom stereocenters. The van der Waals surface area contributed by atoms with Gasteiger partial charge in [0.1, 0.15) is 0 Å². The van der Waals surface area contributed by atoms with Crippen molar-refractivity contribution in [1.82, 2.24) is 10.3 Å². The Kier molecular flexibility index (Phi) is 8.66. The number of sulfonamides is 1. The van der Waals surface area contributed by atoms with E-state index in [4.69, 9.17) is 14.2 Å². The van der Waals surface area contributed by atoms with Gasteiger partial charge in [0, 0.05) is 5.56 Å². The van der Waals surface area contributed by atoms with Crippen LogP contribution in [0.25, 0.3) is 0 Å². The average molecular weight is 481 g/mol. The van der Waals surface area contributed by atoms with Gasteiger partial charge >= 0.3 is 5.97 Å². The van der Waals surface area contributed by atoms with E-state index < -0.39 is 21.9 Å².